The first-order valence-electron chi connectivity index (χ1n) is 7.16. The van der Waals surface area contributed by atoms with Gasteiger partial charge in [-0.2, -0.15) is 0 Å². The van der Waals surface area contributed by atoms with E-state index in [9.17, 15) is 13.2 Å². The summed E-state index contributed by atoms with van der Waals surface area (Å²) in [6.07, 6.45) is 1.58. The van der Waals surface area contributed by atoms with Crippen LogP contribution in [0.2, 0.25) is 0 Å². The lowest BCUT2D eigenvalue weighted by atomic mass is 9.95. The Hall–Kier alpha value is -2.25. The van der Waals surface area contributed by atoms with Gasteiger partial charge in [0.15, 0.2) is 5.78 Å². The summed E-state index contributed by atoms with van der Waals surface area (Å²) in [6.45, 7) is 0. The van der Waals surface area contributed by atoms with Crippen molar-refractivity contribution in [1.29, 1.82) is 0 Å². The molecular weight excluding hydrogens is 392 g/mol. The number of nitrogens with one attached hydrogen (secondary N) is 1. The SMILES string of the molecule is O=C(CBr)c1cc2c(c3ncccc13)NS(=O)(=O)c1ccccc1-2. The molecule has 0 radical (unpaired) electrons. The van der Waals surface area contributed by atoms with Crippen LogP contribution in [0.15, 0.2) is 53.6 Å². The summed E-state index contributed by atoms with van der Waals surface area (Å²) in [5, 5.41) is 0.811. The zero-order valence-corrected chi connectivity index (χ0v) is 14.7. The smallest absolute Gasteiger partial charge is 0.262 e. The van der Waals surface area contributed by atoms with Crippen molar-refractivity contribution in [3.05, 3.63) is 54.2 Å². The van der Waals surface area contributed by atoms with Crippen molar-refractivity contribution in [3.63, 3.8) is 0 Å². The number of anilines is 1. The number of alkyl halides is 1. The van der Waals surface area contributed by atoms with Gasteiger partial charge in [-0.25, -0.2) is 8.42 Å². The van der Waals surface area contributed by atoms with E-state index in [1.54, 1.807) is 48.7 Å². The fourth-order valence-electron chi connectivity index (χ4n) is 2.97. The van der Waals surface area contributed by atoms with Crippen LogP contribution >= 0.6 is 15.9 Å². The van der Waals surface area contributed by atoms with E-state index in [0.717, 1.165) is 0 Å². The number of hydrogen-bond donors (Lipinski definition) is 1. The molecule has 5 nitrogen and oxygen atoms in total. The minimum atomic E-state index is -3.67. The molecule has 0 unspecified atom stereocenters. The van der Waals surface area contributed by atoms with Gasteiger partial charge in [-0.15, -0.1) is 0 Å². The molecule has 2 aromatic carbocycles. The number of hydrogen-bond acceptors (Lipinski definition) is 4. The number of ketones is 1. The van der Waals surface area contributed by atoms with Gasteiger partial charge in [-0.05, 0) is 18.2 Å². The van der Waals surface area contributed by atoms with Gasteiger partial charge in [0.05, 0.1) is 21.4 Å². The zero-order valence-electron chi connectivity index (χ0n) is 12.3. The molecule has 0 bridgehead atoms. The van der Waals surface area contributed by atoms with E-state index < -0.39 is 10.0 Å². The number of halogens is 1. The predicted octanol–water partition coefficient (Wildman–Crippen LogP) is 3.59. The summed E-state index contributed by atoms with van der Waals surface area (Å²) in [4.78, 5) is 16.9. The second kappa shape index (κ2) is 5.39. The van der Waals surface area contributed by atoms with Crippen molar-refractivity contribution in [2.75, 3.05) is 10.1 Å². The van der Waals surface area contributed by atoms with Crippen LogP contribution in [0, 0.1) is 0 Å². The Balaban J connectivity index is 2.17. The van der Waals surface area contributed by atoms with Crippen LogP contribution in [0.3, 0.4) is 0 Å². The second-order valence-electron chi connectivity index (χ2n) is 5.40. The van der Waals surface area contributed by atoms with Crippen LogP contribution in [-0.4, -0.2) is 24.5 Å². The highest BCUT2D eigenvalue weighted by molar-refractivity contribution is 9.09. The zero-order chi connectivity index (χ0) is 16.9. The third-order valence-electron chi connectivity index (χ3n) is 4.02. The van der Waals surface area contributed by atoms with Gasteiger partial charge in [0.25, 0.3) is 10.0 Å². The molecular formula is C17H11BrN2O3S. The number of Topliss-reactive ketones (excluding diaryl/α,β-unsaturated/α-hetero) is 1. The molecule has 24 heavy (non-hydrogen) atoms. The highest BCUT2D eigenvalue weighted by atomic mass is 79.9. The summed E-state index contributed by atoms with van der Waals surface area (Å²) in [5.74, 6) is -0.0817. The molecule has 0 amide bonds. The lowest BCUT2D eigenvalue weighted by Gasteiger charge is -2.23. The second-order valence-corrected chi connectivity index (χ2v) is 7.62. The van der Waals surface area contributed by atoms with E-state index in [-0.39, 0.29) is 16.0 Å². The highest BCUT2D eigenvalue weighted by Crippen LogP contribution is 2.43. The predicted molar refractivity (Wildman–Crippen MR) is 96.1 cm³/mol. The third-order valence-corrected chi connectivity index (χ3v) is 5.93. The van der Waals surface area contributed by atoms with E-state index in [2.05, 4.69) is 25.6 Å². The third kappa shape index (κ3) is 2.16. The topological polar surface area (TPSA) is 76.1 Å². The van der Waals surface area contributed by atoms with Crippen molar-refractivity contribution in [2.45, 2.75) is 4.90 Å². The highest BCUT2D eigenvalue weighted by Gasteiger charge is 2.30. The number of benzene rings is 2. The van der Waals surface area contributed by atoms with Crippen LogP contribution in [0.4, 0.5) is 5.69 Å². The molecule has 0 aliphatic carbocycles. The minimum Gasteiger partial charge on any atom is -0.293 e. The summed E-state index contributed by atoms with van der Waals surface area (Å²) >= 11 is 3.20. The molecule has 1 aliphatic heterocycles. The molecule has 120 valence electrons. The van der Waals surface area contributed by atoms with E-state index in [4.69, 9.17) is 0 Å². The molecule has 0 fully saturated rings. The van der Waals surface area contributed by atoms with Gasteiger partial charge in [0.2, 0.25) is 0 Å². The van der Waals surface area contributed by atoms with Gasteiger partial charge in [-0.3, -0.25) is 14.5 Å². The first kappa shape index (κ1) is 15.3. The normalized spacial score (nSPS) is 14.5. The van der Waals surface area contributed by atoms with E-state index in [1.165, 1.54) is 0 Å². The maximum absolute atomic E-state index is 12.5. The molecule has 3 aromatic rings. The molecule has 0 saturated carbocycles. The van der Waals surface area contributed by atoms with Crippen LogP contribution in [0.25, 0.3) is 22.0 Å². The average molecular weight is 403 g/mol. The first-order chi connectivity index (χ1) is 11.5. The molecule has 0 saturated heterocycles. The van der Waals surface area contributed by atoms with E-state index in [0.29, 0.717) is 33.3 Å². The lowest BCUT2D eigenvalue weighted by molar-refractivity contribution is 0.102. The summed E-state index contributed by atoms with van der Waals surface area (Å²) in [5.41, 5.74) is 2.63. The number of rotatable bonds is 2. The number of pyridine rings is 1. The van der Waals surface area contributed by atoms with Gasteiger partial charge < -0.3 is 0 Å². The van der Waals surface area contributed by atoms with Crippen molar-refractivity contribution in [1.82, 2.24) is 4.98 Å². The fraction of sp³-hybridized carbons (Fsp3) is 0.0588. The number of carbonyl (C=O) groups excluding carboxylic acids is 1. The molecule has 1 aliphatic rings. The Morgan fingerprint density at radius 3 is 2.71 bits per heavy atom. The van der Waals surface area contributed by atoms with E-state index in [1.807, 2.05) is 0 Å². The molecule has 7 heteroatoms. The van der Waals surface area contributed by atoms with Crippen molar-refractivity contribution < 1.29 is 13.2 Å². The van der Waals surface area contributed by atoms with Crippen LogP contribution in [0.1, 0.15) is 10.4 Å². The molecule has 2 heterocycles. The molecule has 1 aromatic heterocycles. The number of carbonyl (C=O) groups is 1. The lowest BCUT2D eigenvalue weighted by Crippen LogP contribution is -2.20. The largest absolute Gasteiger partial charge is 0.293 e. The van der Waals surface area contributed by atoms with Gasteiger partial charge >= 0.3 is 0 Å². The van der Waals surface area contributed by atoms with Crippen LogP contribution in [0.5, 0.6) is 0 Å². The number of sulfonamides is 1. The monoisotopic (exact) mass is 402 g/mol. The van der Waals surface area contributed by atoms with Gasteiger partial charge in [0.1, 0.15) is 0 Å². The maximum Gasteiger partial charge on any atom is 0.262 e. The Kier molecular flexibility index (Phi) is 3.43. The standard InChI is InChI=1S/C17H11BrN2O3S/c18-9-14(21)12-8-13-10-4-1-2-6-15(10)24(22,23)20-17(13)16-11(12)5-3-7-19-16/h1-8,20H,9H2. The van der Waals surface area contributed by atoms with Gasteiger partial charge in [0, 0.05) is 28.3 Å². The van der Waals surface area contributed by atoms with Gasteiger partial charge in [-0.1, -0.05) is 40.2 Å². The Morgan fingerprint density at radius 2 is 1.92 bits per heavy atom. The number of aromatic nitrogens is 1. The van der Waals surface area contributed by atoms with Crippen molar-refractivity contribution >= 4 is 48.3 Å². The number of nitrogens with zero attached hydrogens (tertiary/aromatic N) is 1. The Bertz CT molecular complexity index is 1110. The Morgan fingerprint density at radius 1 is 1.12 bits per heavy atom. The summed E-state index contributed by atoms with van der Waals surface area (Å²) < 4.78 is 27.7. The summed E-state index contributed by atoms with van der Waals surface area (Å²) in [7, 11) is -3.67. The minimum absolute atomic E-state index is 0.0817. The van der Waals surface area contributed by atoms with Crippen LogP contribution in [-0.2, 0) is 10.0 Å². The molecule has 0 atom stereocenters. The van der Waals surface area contributed by atoms with E-state index >= 15 is 0 Å². The average Bonchev–Trinajstić information content (AvgIpc) is 2.60. The summed E-state index contributed by atoms with van der Waals surface area (Å²) in [6, 6.07) is 12.0. The maximum atomic E-state index is 12.5. The first-order valence-corrected chi connectivity index (χ1v) is 9.76. The van der Waals surface area contributed by atoms with Crippen molar-refractivity contribution in [3.8, 4) is 11.1 Å². The number of fused-ring (bicyclic) bond motifs is 5. The Labute approximate surface area is 146 Å². The van der Waals surface area contributed by atoms with Crippen LogP contribution < -0.4 is 4.72 Å². The van der Waals surface area contributed by atoms with Crippen molar-refractivity contribution in [2.24, 2.45) is 0 Å². The molecule has 4 rings (SSSR count). The molecule has 0 spiro atoms. The molecule has 1 N–H and O–H groups in total. The fourth-order valence-corrected chi connectivity index (χ4v) is 4.59. The quantitative estimate of drug-likeness (QED) is 0.524.